The first-order valence-corrected chi connectivity index (χ1v) is 8.34. The number of halogens is 2. The number of nitrogens with one attached hydrogen (secondary N) is 1. The lowest BCUT2D eigenvalue weighted by Gasteiger charge is -2.03. The van der Waals surface area contributed by atoms with Crippen molar-refractivity contribution >= 4 is 23.2 Å². The molecule has 122 valence electrons. The van der Waals surface area contributed by atoms with Gasteiger partial charge in [-0.05, 0) is 24.3 Å². The van der Waals surface area contributed by atoms with Crippen molar-refractivity contribution in [2.45, 2.75) is 0 Å². The lowest BCUT2D eigenvalue weighted by atomic mass is 10.1. The highest BCUT2D eigenvalue weighted by Crippen LogP contribution is 2.33. The molecule has 4 rings (SSSR count). The van der Waals surface area contributed by atoms with Gasteiger partial charge in [-0.15, -0.1) is 0 Å². The minimum absolute atomic E-state index is 0.656. The van der Waals surface area contributed by atoms with E-state index in [1.165, 1.54) is 0 Å². The first kappa shape index (κ1) is 15.8. The molecule has 0 bridgehead atoms. The number of imidazole rings is 1. The van der Waals surface area contributed by atoms with Gasteiger partial charge in [0.15, 0.2) is 5.82 Å². The van der Waals surface area contributed by atoms with Crippen molar-refractivity contribution in [1.29, 1.82) is 0 Å². The lowest BCUT2D eigenvalue weighted by Crippen LogP contribution is -1.86. The first-order valence-electron chi connectivity index (χ1n) is 7.59. The van der Waals surface area contributed by atoms with Crippen LogP contribution in [0.25, 0.3) is 34.0 Å². The van der Waals surface area contributed by atoms with Crippen LogP contribution in [0, 0.1) is 0 Å². The van der Waals surface area contributed by atoms with Crippen LogP contribution in [-0.4, -0.2) is 19.9 Å². The highest BCUT2D eigenvalue weighted by atomic mass is 35.5. The van der Waals surface area contributed by atoms with Crippen LogP contribution < -0.4 is 0 Å². The Balaban J connectivity index is 1.89. The van der Waals surface area contributed by atoms with Gasteiger partial charge in [-0.3, -0.25) is 4.98 Å². The lowest BCUT2D eigenvalue weighted by molar-refractivity contribution is 1.16. The van der Waals surface area contributed by atoms with Gasteiger partial charge in [0.25, 0.3) is 0 Å². The highest BCUT2D eigenvalue weighted by molar-refractivity contribution is 6.31. The SMILES string of the molecule is Clc1ccc(-c2nc(-c3cnccn3)[nH]c2-c2ccc(Cl)cc2)cc1. The molecular weight excluding hydrogens is 355 g/mol. The summed E-state index contributed by atoms with van der Waals surface area (Å²) in [5.41, 5.74) is 4.33. The Labute approximate surface area is 154 Å². The van der Waals surface area contributed by atoms with E-state index in [2.05, 4.69) is 15.0 Å². The van der Waals surface area contributed by atoms with Crippen LogP contribution in [0.3, 0.4) is 0 Å². The summed E-state index contributed by atoms with van der Waals surface area (Å²) in [7, 11) is 0. The molecule has 2 aromatic heterocycles. The fraction of sp³-hybridized carbons (Fsp3) is 0. The zero-order valence-electron chi connectivity index (χ0n) is 12.9. The fourth-order valence-corrected chi connectivity index (χ4v) is 2.81. The number of rotatable bonds is 3. The van der Waals surface area contributed by atoms with Crippen LogP contribution in [0.4, 0.5) is 0 Å². The van der Waals surface area contributed by atoms with Crippen LogP contribution in [0.5, 0.6) is 0 Å². The molecule has 0 saturated carbocycles. The maximum Gasteiger partial charge on any atom is 0.158 e. The molecule has 4 nitrogen and oxygen atoms in total. The molecule has 0 spiro atoms. The molecule has 0 unspecified atom stereocenters. The third-order valence-electron chi connectivity index (χ3n) is 3.76. The summed E-state index contributed by atoms with van der Waals surface area (Å²) in [6, 6.07) is 15.2. The Morgan fingerprint density at radius 2 is 1.40 bits per heavy atom. The van der Waals surface area contributed by atoms with Crippen molar-refractivity contribution in [3.8, 4) is 34.0 Å². The molecule has 6 heteroatoms. The van der Waals surface area contributed by atoms with E-state index in [0.717, 1.165) is 22.5 Å². The quantitative estimate of drug-likeness (QED) is 0.520. The zero-order chi connectivity index (χ0) is 17.2. The fourth-order valence-electron chi connectivity index (χ4n) is 2.56. The molecule has 25 heavy (non-hydrogen) atoms. The molecule has 0 fully saturated rings. The van der Waals surface area contributed by atoms with Gasteiger partial charge < -0.3 is 4.98 Å². The smallest absolute Gasteiger partial charge is 0.158 e. The number of hydrogen-bond donors (Lipinski definition) is 1. The zero-order valence-corrected chi connectivity index (χ0v) is 14.5. The topological polar surface area (TPSA) is 54.5 Å². The number of aromatic nitrogens is 4. The summed E-state index contributed by atoms with van der Waals surface area (Å²) in [6.45, 7) is 0. The number of benzene rings is 2. The molecule has 2 aromatic carbocycles. The van der Waals surface area contributed by atoms with E-state index in [9.17, 15) is 0 Å². The molecule has 0 atom stereocenters. The van der Waals surface area contributed by atoms with Gasteiger partial charge in [-0.1, -0.05) is 47.5 Å². The Hall–Kier alpha value is -2.69. The van der Waals surface area contributed by atoms with E-state index in [1.807, 2.05) is 48.5 Å². The van der Waals surface area contributed by atoms with Crippen molar-refractivity contribution in [2.24, 2.45) is 0 Å². The molecular formula is C19H12Cl2N4. The van der Waals surface area contributed by atoms with Crippen molar-refractivity contribution in [3.63, 3.8) is 0 Å². The second-order valence-electron chi connectivity index (χ2n) is 5.41. The largest absolute Gasteiger partial charge is 0.336 e. The Morgan fingerprint density at radius 3 is 2.00 bits per heavy atom. The third kappa shape index (κ3) is 3.27. The van der Waals surface area contributed by atoms with Crippen molar-refractivity contribution in [2.75, 3.05) is 0 Å². The maximum absolute atomic E-state index is 6.02. The standard InChI is InChI=1S/C19H12Cl2N4/c20-14-5-1-12(2-6-14)17-18(13-3-7-15(21)8-4-13)25-19(24-17)16-11-22-9-10-23-16/h1-11H,(H,24,25). The number of nitrogens with zero attached hydrogens (tertiary/aromatic N) is 3. The number of H-pyrrole nitrogens is 1. The Kier molecular flexibility index (Phi) is 4.22. The summed E-state index contributed by atoms with van der Waals surface area (Å²) in [5.74, 6) is 0.656. The average molecular weight is 367 g/mol. The number of hydrogen-bond acceptors (Lipinski definition) is 3. The normalized spacial score (nSPS) is 10.8. The van der Waals surface area contributed by atoms with Crippen LogP contribution in [0.2, 0.25) is 10.0 Å². The van der Waals surface area contributed by atoms with E-state index in [-0.39, 0.29) is 0 Å². The second-order valence-corrected chi connectivity index (χ2v) is 6.29. The Morgan fingerprint density at radius 1 is 0.760 bits per heavy atom. The third-order valence-corrected chi connectivity index (χ3v) is 4.26. The van der Waals surface area contributed by atoms with Crippen molar-refractivity contribution < 1.29 is 0 Å². The van der Waals surface area contributed by atoms with Crippen molar-refractivity contribution in [3.05, 3.63) is 77.2 Å². The van der Waals surface area contributed by atoms with Gasteiger partial charge in [-0.2, -0.15) is 0 Å². The van der Waals surface area contributed by atoms with E-state index >= 15 is 0 Å². The van der Waals surface area contributed by atoms with Crippen LogP contribution in [0.15, 0.2) is 67.1 Å². The van der Waals surface area contributed by atoms with Gasteiger partial charge in [0.05, 0.1) is 17.6 Å². The summed E-state index contributed by atoms with van der Waals surface area (Å²) in [4.78, 5) is 16.5. The van der Waals surface area contributed by atoms with Crippen LogP contribution in [0.1, 0.15) is 0 Å². The average Bonchev–Trinajstić information content (AvgIpc) is 3.09. The van der Waals surface area contributed by atoms with E-state index in [1.54, 1.807) is 18.6 Å². The van der Waals surface area contributed by atoms with Crippen LogP contribution >= 0.6 is 23.2 Å². The van der Waals surface area contributed by atoms with Crippen molar-refractivity contribution in [1.82, 2.24) is 19.9 Å². The maximum atomic E-state index is 6.02. The minimum atomic E-state index is 0.656. The summed E-state index contributed by atoms with van der Waals surface area (Å²) in [5, 5.41) is 1.37. The molecule has 1 N–H and O–H groups in total. The summed E-state index contributed by atoms with van der Waals surface area (Å²) < 4.78 is 0. The molecule has 0 aliphatic carbocycles. The molecule has 2 heterocycles. The second kappa shape index (κ2) is 6.67. The van der Waals surface area contributed by atoms with E-state index in [4.69, 9.17) is 28.2 Å². The van der Waals surface area contributed by atoms with Gasteiger partial charge in [0.1, 0.15) is 5.69 Å². The molecule has 0 saturated heterocycles. The molecule has 0 amide bonds. The predicted octanol–water partition coefficient (Wildman–Crippen LogP) is 5.51. The minimum Gasteiger partial charge on any atom is -0.336 e. The molecule has 0 radical (unpaired) electrons. The van der Waals surface area contributed by atoms with Gasteiger partial charge >= 0.3 is 0 Å². The van der Waals surface area contributed by atoms with E-state index < -0.39 is 0 Å². The van der Waals surface area contributed by atoms with Crippen LogP contribution in [-0.2, 0) is 0 Å². The first-order chi connectivity index (χ1) is 12.2. The summed E-state index contributed by atoms with van der Waals surface area (Å²) >= 11 is 12.0. The number of aromatic amines is 1. The molecule has 0 aliphatic rings. The molecule has 0 aliphatic heterocycles. The van der Waals surface area contributed by atoms with Gasteiger partial charge in [0.2, 0.25) is 0 Å². The van der Waals surface area contributed by atoms with Gasteiger partial charge in [0, 0.05) is 33.6 Å². The summed E-state index contributed by atoms with van der Waals surface area (Å²) in [6.07, 6.45) is 4.95. The van der Waals surface area contributed by atoms with E-state index in [0.29, 0.717) is 21.6 Å². The Bertz CT molecular complexity index is 931. The molecule has 4 aromatic rings. The van der Waals surface area contributed by atoms with Gasteiger partial charge in [-0.25, -0.2) is 9.97 Å². The predicted molar refractivity (Wildman–Crippen MR) is 101 cm³/mol. The highest BCUT2D eigenvalue weighted by Gasteiger charge is 2.16. The monoisotopic (exact) mass is 366 g/mol.